The third kappa shape index (κ3) is 2.39. The minimum atomic E-state index is -0.161. The standard InChI is InChI=1S/C9H6Br3NOS/c10-5-3-6(15-9(5)12)7(13)4-1-2-14-8(4)11/h1-3,7H,13H2. The van der Waals surface area contributed by atoms with E-state index in [1.54, 1.807) is 17.6 Å². The van der Waals surface area contributed by atoms with Gasteiger partial charge >= 0.3 is 0 Å². The van der Waals surface area contributed by atoms with Gasteiger partial charge in [0.25, 0.3) is 0 Å². The minimum Gasteiger partial charge on any atom is -0.457 e. The van der Waals surface area contributed by atoms with Gasteiger partial charge < -0.3 is 10.2 Å². The summed E-state index contributed by atoms with van der Waals surface area (Å²) in [6.45, 7) is 0. The lowest BCUT2D eigenvalue weighted by Crippen LogP contribution is -2.09. The van der Waals surface area contributed by atoms with Crippen molar-refractivity contribution in [2.75, 3.05) is 0 Å². The molecule has 0 aromatic carbocycles. The molecule has 1 atom stereocenters. The number of thiophene rings is 1. The third-order valence-electron chi connectivity index (χ3n) is 1.95. The van der Waals surface area contributed by atoms with Crippen LogP contribution >= 0.6 is 59.1 Å². The van der Waals surface area contributed by atoms with Crippen molar-refractivity contribution in [2.24, 2.45) is 5.73 Å². The van der Waals surface area contributed by atoms with Gasteiger partial charge in [0.2, 0.25) is 0 Å². The number of nitrogens with two attached hydrogens (primary N) is 1. The first-order chi connectivity index (χ1) is 7.09. The van der Waals surface area contributed by atoms with E-state index in [1.165, 1.54) is 0 Å². The molecule has 80 valence electrons. The summed E-state index contributed by atoms with van der Waals surface area (Å²) in [5, 5.41) is 0. The highest BCUT2D eigenvalue weighted by atomic mass is 79.9. The van der Waals surface area contributed by atoms with Crippen molar-refractivity contribution in [1.29, 1.82) is 0 Å². The average molecular weight is 416 g/mol. The van der Waals surface area contributed by atoms with Crippen molar-refractivity contribution in [1.82, 2.24) is 0 Å². The van der Waals surface area contributed by atoms with Gasteiger partial charge in [0.1, 0.15) is 0 Å². The molecule has 2 nitrogen and oxygen atoms in total. The first-order valence-corrected chi connectivity index (χ1v) is 7.22. The summed E-state index contributed by atoms with van der Waals surface area (Å²) in [7, 11) is 0. The van der Waals surface area contributed by atoms with Gasteiger partial charge in [-0.1, -0.05) is 0 Å². The second-order valence-electron chi connectivity index (χ2n) is 2.90. The molecule has 0 radical (unpaired) electrons. The summed E-state index contributed by atoms with van der Waals surface area (Å²) < 4.78 is 7.93. The minimum absolute atomic E-state index is 0.161. The molecule has 0 bridgehead atoms. The molecule has 0 saturated carbocycles. The molecule has 0 fully saturated rings. The van der Waals surface area contributed by atoms with Crippen molar-refractivity contribution in [3.05, 3.63) is 41.8 Å². The van der Waals surface area contributed by atoms with Crippen molar-refractivity contribution < 1.29 is 4.42 Å². The van der Waals surface area contributed by atoms with Crippen molar-refractivity contribution >= 4 is 59.1 Å². The summed E-state index contributed by atoms with van der Waals surface area (Å²) in [5.41, 5.74) is 7.08. The number of furan rings is 1. The predicted molar refractivity (Wildman–Crippen MR) is 72.2 cm³/mol. The van der Waals surface area contributed by atoms with E-state index >= 15 is 0 Å². The van der Waals surface area contributed by atoms with E-state index in [0.29, 0.717) is 4.67 Å². The molecule has 2 aromatic rings. The zero-order chi connectivity index (χ0) is 11.0. The summed E-state index contributed by atoms with van der Waals surface area (Å²) in [5.74, 6) is 0. The van der Waals surface area contributed by atoms with Gasteiger partial charge in [-0.3, -0.25) is 0 Å². The molecule has 2 aromatic heterocycles. The first-order valence-electron chi connectivity index (χ1n) is 4.03. The van der Waals surface area contributed by atoms with Crippen LogP contribution in [0.4, 0.5) is 0 Å². The number of hydrogen-bond acceptors (Lipinski definition) is 3. The number of halogens is 3. The molecule has 15 heavy (non-hydrogen) atoms. The Morgan fingerprint density at radius 3 is 2.53 bits per heavy atom. The molecule has 0 aliphatic rings. The molecule has 0 spiro atoms. The fourth-order valence-corrected chi connectivity index (χ4v) is 3.79. The average Bonchev–Trinajstić information content (AvgIpc) is 2.74. The summed E-state index contributed by atoms with van der Waals surface area (Å²) in [6.07, 6.45) is 1.62. The second kappa shape index (κ2) is 4.71. The maximum absolute atomic E-state index is 6.12. The number of rotatable bonds is 2. The molecule has 0 aliphatic carbocycles. The van der Waals surface area contributed by atoms with Crippen LogP contribution in [0.15, 0.2) is 35.7 Å². The lowest BCUT2D eigenvalue weighted by molar-refractivity contribution is 0.535. The van der Waals surface area contributed by atoms with E-state index in [2.05, 4.69) is 47.8 Å². The molecular formula is C9H6Br3NOS. The van der Waals surface area contributed by atoms with Crippen molar-refractivity contribution in [2.45, 2.75) is 6.04 Å². The molecule has 1 unspecified atom stereocenters. The van der Waals surface area contributed by atoms with E-state index in [0.717, 1.165) is 18.7 Å². The largest absolute Gasteiger partial charge is 0.457 e. The van der Waals surface area contributed by atoms with Gasteiger partial charge in [-0.2, -0.15) is 0 Å². The zero-order valence-electron chi connectivity index (χ0n) is 7.34. The molecule has 2 heterocycles. The van der Waals surface area contributed by atoms with Crippen LogP contribution in [-0.2, 0) is 0 Å². The Kier molecular flexibility index (Phi) is 3.72. The monoisotopic (exact) mass is 413 g/mol. The highest BCUT2D eigenvalue weighted by molar-refractivity contribution is 9.13. The normalized spacial score (nSPS) is 13.1. The van der Waals surface area contributed by atoms with Crippen molar-refractivity contribution in [3.63, 3.8) is 0 Å². The van der Waals surface area contributed by atoms with Crippen molar-refractivity contribution in [3.8, 4) is 0 Å². The second-order valence-corrected chi connectivity index (χ2v) is 6.87. The quantitative estimate of drug-likeness (QED) is 0.773. The highest BCUT2D eigenvalue weighted by Gasteiger charge is 2.17. The van der Waals surface area contributed by atoms with Crippen LogP contribution in [0.5, 0.6) is 0 Å². The van der Waals surface area contributed by atoms with E-state index in [-0.39, 0.29) is 6.04 Å². The van der Waals surface area contributed by atoms with Crippen LogP contribution in [0.3, 0.4) is 0 Å². The molecule has 6 heteroatoms. The Balaban J connectivity index is 2.36. The Labute approximate surface area is 116 Å². The van der Waals surface area contributed by atoms with E-state index in [1.807, 2.05) is 12.1 Å². The Bertz CT molecular complexity index is 460. The molecule has 0 saturated heterocycles. The van der Waals surface area contributed by atoms with Crippen LogP contribution in [0.25, 0.3) is 0 Å². The van der Waals surface area contributed by atoms with Crippen LogP contribution in [-0.4, -0.2) is 0 Å². The SMILES string of the molecule is NC(c1cc(Br)c(Br)s1)c1ccoc1Br. The first kappa shape index (κ1) is 11.9. The maximum Gasteiger partial charge on any atom is 0.174 e. The van der Waals surface area contributed by atoms with Gasteiger partial charge in [-0.15, -0.1) is 11.3 Å². The highest BCUT2D eigenvalue weighted by Crippen LogP contribution is 2.38. The number of hydrogen-bond donors (Lipinski definition) is 1. The van der Waals surface area contributed by atoms with Crippen LogP contribution in [0.1, 0.15) is 16.5 Å². The summed E-state index contributed by atoms with van der Waals surface area (Å²) in [4.78, 5) is 1.08. The molecule has 0 amide bonds. The van der Waals surface area contributed by atoms with E-state index in [9.17, 15) is 0 Å². The molecule has 2 N–H and O–H groups in total. The van der Waals surface area contributed by atoms with Crippen LogP contribution in [0.2, 0.25) is 0 Å². The molecule has 0 aliphatic heterocycles. The van der Waals surface area contributed by atoms with E-state index < -0.39 is 0 Å². The third-order valence-corrected chi connectivity index (χ3v) is 5.94. The lowest BCUT2D eigenvalue weighted by Gasteiger charge is -2.06. The predicted octanol–water partition coefficient (Wildman–Crippen LogP) is 4.68. The maximum atomic E-state index is 6.12. The zero-order valence-corrected chi connectivity index (χ0v) is 12.9. The van der Waals surface area contributed by atoms with Crippen LogP contribution in [0, 0.1) is 0 Å². The van der Waals surface area contributed by atoms with Gasteiger partial charge in [0.15, 0.2) is 4.67 Å². The fourth-order valence-electron chi connectivity index (χ4n) is 1.20. The Morgan fingerprint density at radius 1 is 1.33 bits per heavy atom. The molecular weight excluding hydrogens is 410 g/mol. The van der Waals surface area contributed by atoms with Gasteiger partial charge in [-0.25, -0.2) is 0 Å². The summed E-state index contributed by atoms with van der Waals surface area (Å²) >= 11 is 11.8. The van der Waals surface area contributed by atoms with E-state index in [4.69, 9.17) is 10.2 Å². The fraction of sp³-hybridized carbons (Fsp3) is 0.111. The van der Waals surface area contributed by atoms with Crippen LogP contribution < -0.4 is 5.73 Å². The van der Waals surface area contributed by atoms with Gasteiger partial charge in [0, 0.05) is 14.9 Å². The van der Waals surface area contributed by atoms with Gasteiger partial charge in [0.05, 0.1) is 16.1 Å². The summed E-state index contributed by atoms with van der Waals surface area (Å²) in [6, 6.07) is 3.72. The van der Waals surface area contributed by atoms with Gasteiger partial charge in [-0.05, 0) is 59.9 Å². The molecule has 2 rings (SSSR count). The Hall–Kier alpha value is 0.380. The lowest BCUT2D eigenvalue weighted by atomic mass is 10.1. The topological polar surface area (TPSA) is 39.2 Å². The smallest absolute Gasteiger partial charge is 0.174 e. The Morgan fingerprint density at radius 2 is 2.07 bits per heavy atom.